The van der Waals surface area contributed by atoms with Gasteiger partial charge in [-0.1, -0.05) is 157 Å². The van der Waals surface area contributed by atoms with E-state index in [0.717, 1.165) is 122 Å². The number of pyridine rings is 1. The molecule has 4 aromatic heterocycles. The number of hydrogen-bond donors (Lipinski definition) is 6. The number of ether oxygens (including phenoxy) is 2. The monoisotopic (exact) mass is 1900 g/mol. The van der Waals surface area contributed by atoms with E-state index in [0.29, 0.717) is 35.6 Å². The largest absolute Gasteiger partial charge is 0.530 e. The summed E-state index contributed by atoms with van der Waals surface area (Å²) in [4.78, 5) is 58.0. The Labute approximate surface area is 733 Å². The highest BCUT2D eigenvalue weighted by molar-refractivity contribution is 8.13. The zero-order valence-corrected chi connectivity index (χ0v) is 77.4. The van der Waals surface area contributed by atoms with Gasteiger partial charge in [-0.05, 0) is 166 Å². The third-order valence-electron chi connectivity index (χ3n) is 20.9. The minimum Gasteiger partial charge on any atom is -0.404 e. The van der Waals surface area contributed by atoms with Crippen molar-refractivity contribution >= 4 is 94.2 Å². The first-order valence-corrected chi connectivity index (χ1v) is 54.1. The van der Waals surface area contributed by atoms with Crippen molar-refractivity contribution in [3.8, 4) is 5.75 Å². The van der Waals surface area contributed by atoms with Gasteiger partial charge >= 0.3 is 25.9 Å². The number of para-hydroxylation sites is 1. The maximum atomic E-state index is 15.5. The Morgan fingerprint density at radius 1 is 0.520 bits per heavy atom. The van der Waals surface area contributed by atoms with Gasteiger partial charge in [0.15, 0.2) is 23.8 Å². The van der Waals surface area contributed by atoms with Crippen LogP contribution in [0.1, 0.15) is 173 Å². The van der Waals surface area contributed by atoms with Gasteiger partial charge in [-0.25, -0.2) is 53.2 Å². The third-order valence-corrected chi connectivity index (χ3v) is 32.2. The summed E-state index contributed by atoms with van der Waals surface area (Å²) < 4.78 is 174. The summed E-state index contributed by atoms with van der Waals surface area (Å²) in [6.07, 6.45) is 19.5. The van der Waals surface area contributed by atoms with Crippen LogP contribution in [-0.2, 0) is 73.3 Å². The van der Waals surface area contributed by atoms with E-state index < -0.39 is 134 Å². The number of nitrogens with zero attached hydrogens (tertiary/aromatic N) is 5. The molecule has 0 radical (unpaired) electrons. The number of aromatic amines is 2. The van der Waals surface area contributed by atoms with Crippen molar-refractivity contribution in [1.29, 1.82) is 0 Å². The third kappa shape index (κ3) is 38.1. The number of aryl methyl sites for hydroxylation is 3. The smallest absolute Gasteiger partial charge is 0.404 e. The fourth-order valence-corrected chi connectivity index (χ4v) is 21.5. The van der Waals surface area contributed by atoms with Gasteiger partial charge in [0.05, 0.1) is 72.6 Å². The number of phosphoric acid groups is 1. The quantitative estimate of drug-likeness (QED) is 0.0155. The second-order valence-electron chi connectivity index (χ2n) is 31.2. The summed E-state index contributed by atoms with van der Waals surface area (Å²) in [6.45, 7) is 1.24. The Morgan fingerprint density at radius 3 is 1.26 bits per heavy atom. The molecule has 0 spiro atoms. The second-order valence-corrected chi connectivity index (χ2v) is 47.5. The molecule has 4 unspecified atom stereocenters. The van der Waals surface area contributed by atoms with E-state index in [9.17, 15) is 72.7 Å². The molecule has 10 atom stereocenters. The highest BCUT2D eigenvalue weighted by Crippen LogP contribution is 2.55. The van der Waals surface area contributed by atoms with Crippen LogP contribution in [0, 0.1) is 31.6 Å². The molecule has 6 heterocycles. The molecule has 5 fully saturated rings. The van der Waals surface area contributed by atoms with Gasteiger partial charge in [-0.3, -0.25) is 51.9 Å². The fraction of sp³-hybridized carbons (Fsp3) is 0.585. The van der Waals surface area contributed by atoms with Gasteiger partial charge in [0, 0.05) is 67.3 Å². The molecular formula is C82H119Cl3F2N7O23P3S3. The molecule has 2 saturated heterocycles. The minimum absolute atomic E-state index is 0.0265. The molecule has 6 N–H and O–H groups in total. The molecule has 12 rings (SSSR count). The van der Waals surface area contributed by atoms with Crippen LogP contribution in [0.25, 0.3) is 0 Å². The highest BCUT2D eigenvalue weighted by atomic mass is 35.9. The maximum Gasteiger partial charge on any atom is 0.530 e. The first kappa shape index (κ1) is 106. The van der Waals surface area contributed by atoms with Gasteiger partial charge in [0.1, 0.15) is 59.7 Å². The van der Waals surface area contributed by atoms with Gasteiger partial charge in [0.2, 0.25) is 0 Å². The summed E-state index contributed by atoms with van der Waals surface area (Å²) in [5.74, 6) is 0.158. The summed E-state index contributed by atoms with van der Waals surface area (Å²) in [5.41, 5.74) is -5.67. The zero-order chi connectivity index (χ0) is 90.5. The van der Waals surface area contributed by atoms with Crippen LogP contribution in [0.3, 0.4) is 0 Å². The average Bonchev–Trinajstić information content (AvgIpc) is 1.62. The summed E-state index contributed by atoms with van der Waals surface area (Å²) >= 11 is 16.7. The van der Waals surface area contributed by atoms with Crippen LogP contribution in [0.2, 0.25) is 0 Å². The normalized spacial score (nSPS) is 21.8. The second kappa shape index (κ2) is 51.9. The number of benzene rings is 3. The van der Waals surface area contributed by atoms with Gasteiger partial charge in [-0.2, -0.15) is 0 Å². The molecule has 0 bridgehead atoms. The van der Waals surface area contributed by atoms with E-state index in [2.05, 4.69) is 9.97 Å². The van der Waals surface area contributed by atoms with Crippen molar-refractivity contribution in [2.24, 2.45) is 24.8 Å². The first-order valence-electron chi connectivity index (χ1n) is 41.1. The summed E-state index contributed by atoms with van der Waals surface area (Å²) in [6, 6.07) is 33.2. The van der Waals surface area contributed by atoms with E-state index in [-0.39, 0.29) is 60.8 Å². The number of imidazole rings is 1. The molecule has 3 aromatic carbocycles. The molecule has 30 nitrogen and oxygen atoms in total. The summed E-state index contributed by atoms with van der Waals surface area (Å²) in [5, 5.41) is 38.7. The maximum absolute atomic E-state index is 15.5. The first-order chi connectivity index (χ1) is 58.1. The van der Waals surface area contributed by atoms with Crippen molar-refractivity contribution < 1.29 is 95.7 Å². The van der Waals surface area contributed by atoms with Crippen LogP contribution in [0.5, 0.6) is 5.75 Å². The van der Waals surface area contributed by atoms with E-state index >= 15 is 4.39 Å². The fourth-order valence-electron chi connectivity index (χ4n) is 13.2. The van der Waals surface area contributed by atoms with Crippen LogP contribution < -0.4 is 37.6 Å². The number of rotatable bonds is 38. The number of alkyl halides is 2. The van der Waals surface area contributed by atoms with E-state index in [4.69, 9.17) is 71.5 Å². The van der Waals surface area contributed by atoms with Crippen molar-refractivity contribution in [2.75, 3.05) is 67.6 Å². The van der Waals surface area contributed by atoms with Crippen LogP contribution >= 0.6 is 54.1 Å². The Morgan fingerprint density at radius 2 is 0.919 bits per heavy atom. The van der Waals surface area contributed by atoms with Gasteiger partial charge < -0.3 is 43.5 Å². The zero-order valence-electron chi connectivity index (χ0n) is 70.0. The molecule has 41 heteroatoms. The predicted octanol–water partition coefficient (Wildman–Crippen LogP) is 13.4. The van der Waals surface area contributed by atoms with Gasteiger partial charge in [-0.15, -0.1) is 0 Å². The number of halogens is 5. The number of aromatic nitrogens is 7. The number of unbranched alkanes of at least 4 members (excludes halogenated alkanes) is 3. The van der Waals surface area contributed by atoms with Crippen molar-refractivity contribution in [3.05, 3.63) is 206 Å². The number of sulfone groups is 3. The molecule has 5 aliphatic rings. The Balaban J connectivity index is 0.000000245. The van der Waals surface area contributed by atoms with E-state index in [1.165, 1.54) is 76.3 Å². The van der Waals surface area contributed by atoms with Crippen LogP contribution in [0.4, 0.5) is 8.78 Å². The lowest BCUT2D eigenvalue weighted by Crippen LogP contribution is -2.43. The lowest BCUT2D eigenvalue weighted by molar-refractivity contribution is -0.0611. The van der Waals surface area contributed by atoms with Crippen molar-refractivity contribution in [1.82, 2.24) is 33.6 Å². The SMILES string of the molecule is C[C@]1(F)C(n2ccc(=O)[nH]c2=O)O[C@H](CO)[C@H]1O.C[C@]1(F)C(n2ccc(=O)[nH]c2=O)O[C@H](COP(=O)(OCCCS(=O)(=O)CCCCC2CCC2)Oc2ccccc2)[C@H]1O.Cc1cccc(C)n1.Cn1ccnc1.O=P(Cl)(Cl)c1ccccc1.O=P(Cl)(OCCCS(=O)(=O)CCCCC1CCC1)c1ccccc1.O=S(=O)(CCCO)CCCCC1CCC1. The Hall–Kier alpha value is -5.91. The van der Waals surface area contributed by atoms with Crippen molar-refractivity contribution in [3.63, 3.8) is 0 Å². The molecule has 2 aliphatic heterocycles. The summed E-state index contributed by atoms with van der Waals surface area (Å²) in [7, 11) is -11.8. The van der Waals surface area contributed by atoms with Gasteiger partial charge in [0.25, 0.3) is 17.0 Å². The van der Waals surface area contributed by atoms with Crippen molar-refractivity contribution in [2.45, 2.75) is 211 Å². The minimum atomic E-state index is -4.41. The molecule has 0 amide bonds. The number of H-pyrrole nitrogens is 2. The Bertz CT molecular complexity index is 5020. The number of aliphatic hydroxyl groups is 4. The highest BCUT2D eigenvalue weighted by Gasteiger charge is 2.57. The van der Waals surface area contributed by atoms with E-state index in [1.54, 1.807) is 85.3 Å². The number of aliphatic hydroxyl groups excluding tert-OH is 4. The molecule has 123 heavy (non-hydrogen) atoms. The molecule has 7 aromatic rings. The van der Waals surface area contributed by atoms with E-state index in [1.807, 2.05) is 65.9 Å². The lowest BCUT2D eigenvalue weighted by Gasteiger charge is -2.24. The number of phosphoric ester groups is 1. The average molecular weight is 1900 g/mol. The topological polar surface area (TPSA) is 430 Å². The molecule has 3 aliphatic carbocycles. The lowest BCUT2D eigenvalue weighted by atomic mass is 9.82. The predicted molar refractivity (Wildman–Crippen MR) is 473 cm³/mol. The number of hydrogen-bond acceptors (Lipinski definition) is 25. The van der Waals surface area contributed by atoms with Crippen LogP contribution in [-0.4, -0.2) is 183 Å². The number of nitrogens with one attached hydrogen (secondary N) is 2. The molecule has 3 saturated carbocycles. The Kier molecular flexibility index (Phi) is 44.7. The molecular weight excluding hydrogens is 1780 g/mol. The molecule has 688 valence electrons. The van der Waals surface area contributed by atoms with Crippen LogP contribution in [0.15, 0.2) is 172 Å². The standard InChI is InChI=1S/C27H38FN2O10PS.C17H26ClO4PS.C11H22O3S.C10H13FN2O5.C7H9N.C6H5Cl2OP.C4H6N2/c1-27(28)24(32)22(39-25(27)30-15-14-23(31)29-26(30)33)19-38-41(34,40-21-12-3-2-4-13-21)37-16-8-18-42(35,36)17-6-5-9-20-10-7-11-20;18-23(19,17-11-2-1-3-12-17)22-13-7-15-24(20,21)14-5-4-8-16-9-6-10-16;12-8-4-10-15(13,14)9-2-1-5-11-6-3-7-11;1-10(11)7(16)5(4-14)18-8(10)13-3-2-6(15)12-9(13)17;1-6-4-3-5-7(2)8-6;7-10(8,9)6-4-2-1-3-5-6;1-6-3-2-5-4-6/h2-4,12-15,20,22,24-25,32H,5-11,16-19H2,1H3,(H,29,31,33);1-3,11-12,16H,4-10,13-15H2;11-12H,1-10H2;2-3,5,7-8,14,16H,4H2,1H3,(H,12,15,17);3-5H,1-2H3;1-5H;2-4H,1H3/t22-,24-,25?,27-,41?;;;5-,7-,8?,10-;;;/m1..1.../s1.